The van der Waals surface area contributed by atoms with Crippen LogP contribution in [0.2, 0.25) is 0 Å². The third-order valence-electron chi connectivity index (χ3n) is 8.22. The number of hydrogen-bond acceptors (Lipinski definition) is 6. The highest BCUT2D eigenvalue weighted by molar-refractivity contribution is 7.91. The summed E-state index contributed by atoms with van der Waals surface area (Å²) in [5, 5.41) is 9.15. The zero-order valence-corrected chi connectivity index (χ0v) is 23.5. The molecule has 3 aromatic rings. The second-order valence-corrected chi connectivity index (χ2v) is 13.5. The van der Waals surface area contributed by atoms with Gasteiger partial charge in [0.15, 0.2) is 9.84 Å². The zero-order chi connectivity index (χ0) is 27.9. The van der Waals surface area contributed by atoms with E-state index < -0.39 is 15.8 Å². The van der Waals surface area contributed by atoms with Crippen LogP contribution in [-0.4, -0.2) is 50.3 Å². The molecule has 1 N–H and O–H groups in total. The summed E-state index contributed by atoms with van der Waals surface area (Å²) >= 11 is 0. The van der Waals surface area contributed by atoms with Crippen molar-refractivity contribution in [3.63, 3.8) is 0 Å². The summed E-state index contributed by atoms with van der Waals surface area (Å²) < 4.78 is 41.8. The van der Waals surface area contributed by atoms with Crippen molar-refractivity contribution in [2.75, 3.05) is 24.7 Å². The minimum atomic E-state index is -2.93. The average Bonchev–Trinajstić information content (AvgIpc) is 3.20. The SMILES string of the molecule is Cc1cc(OC2CCS(=O)(=O)CC2)cc2c1-c1cc(CCc3ccc4c(c3)OC[C@H]4CC(=O)O)ccc1OCC2. The van der Waals surface area contributed by atoms with Gasteiger partial charge in [0.05, 0.1) is 31.1 Å². The van der Waals surface area contributed by atoms with Gasteiger partial charge in [-0.05, 0) is 90.8 Å². The molecule has 3 heterocycles. The maximum Gasteiger partial charge on any atom is 0.304 e. The predicted octanol–water partition coefficient (Wildman–Crippen LogP) is 5.29. The normalized spacial score (nSPS) is 19.4. The first kappa shape index (κ1) is 26.7. The molecule has 0 amide bonds. The van der Waals surface area contributed by atoms with E-state index in [1.54, 1.807) is 0 Å². The highest BCUT2D eigenvalue weighted by atomic mass is 32.2. The van der Waals surface area contributed by atoms with E-state index in [2.05, 4.69) is 43.3 Å². The number of carboxylic acid groups (broad SMARTS) is 1. The highest BCUT2D eigenvalue weighted by Crippen LogP contribution is 2.41. The number of benzene rings is 3. The number of carboxylic acids is 1. The van der Waals surface area contributed by atoms with Gasteiger partial charge < -0.3 is 19.3 Å². The van der Waals surface area contributed by atoms with Crippen molar-refractivity contribution in [1.29, 1.82) is 0 Å². The van der Waals surface area contributed by atoms with Crippen molar-refractivity contribution in [2.24, 2.45) is 0 Å². The van der Waals surface area contributed by atoms with E-state index in [1.807, 2.05) is 12.1 Å². The van der Waals surface area contributed by atoms with Crippen LogP contribution in [0.3, 0.4) is 0 Å². The van der Waals surface area contributed by atoms with E-state index >= 15 is 0 Å². The maximum absolute atomic E-state index is 11.8. The summed E-state index contributed by atoms with van der Waals surface area (Å²) in [7, 11) is -2.93. The molecule has 3 aliphatic heterocycles. The fourth-order valence-corrected chi connectivity index (χ4v) is 7.57. The zero-order valence-electron chi connectivity index (χ0n) is 22.6. The molecule has 0 aromatic heterocycles. The van der Waals surface area contributed by atoms with Gasteiger partial charge in [-0.25, -0.2) is 8.42 Å². The van der Waals surface area contributed by atoms with Crippen molar-refractivity contribution in [2.45, 2.75) is 57.5 Å². The first-order chi connectivity index (χ1) is 19.2. The van der Waals surface area contributed by atoms with Crippen LogP contribution in [0.4, 0.5) is 0 Å². The van der Waals surface area contributed by atoms with Gasteiger partial charge in [0.1, 0.15) is 23.4 Å². The second-order valence-electron chi connectivity index (χ2n) is 11.2. The summed E-state index contributed by atoms with van der Waals surface area (Å²) in [6.07, 6.45) is 3.55. The molecule has 0 saturated carbocycles. The van der Waals surface area contributed by atoms with Crippen LogP contribution in [-0.2, 0) is 33.9 Å². The number of fused-ring (bicyclic) bond motifs is 4. The maximum atomic E-state index is 11.8. The van der Waals surface area contributed by atoms with Crippen molar-refractivity contribution in [1.82, 2.24) is 0 Å². The highest BCUT2D eigenvalue weighted by Gasteiger charge is 2.27. The summed E-state index contributed by atoms with van der Waals surface area (Å²) in [5.41, 5.74) is 7.93. The first-order valence-electron chi connectivity index (χ1n) is 14.0. The summed E-state index contributed by atoms with van der Waals surface area (Å²) in [6.45, 7) is 3.10. The van der Waals surface area contributed by atoms with E-state index in [0.29, 0.717) is 26.1 Å². The summed E-state index contributed by atoms with van der Waals surface area (Å²) in [4.78, 5) is 11.1. The Bertz CT molecular complexity index is 1550. The molecule has 0 radical (unpaired) electrons. The second kappa shape index (κ2) is 10.8. The molecule has 0 bridgehead atoms. The van der Waals surface area contributed by atoms with Gasteiger partial charge in [-0.2, -0.15) is 0 Å². The van der Waals surface area contributed by atoms with Gasteiger partial charge in [-0.3, -0.25) is 4.79 Å². The van der Waals surface area contributed by atoms with Gasteiger partial charge in [0, 0.05) is 23.5 Å². The van der Waals surface area contributed by atoms with E-state index in [4.69, 9.17) is 19.3 Å². The van der Waals surface area contributed by atoms with Crippen LogP contribution in [0.1, 0.15) is 53.0 Å². The van der Waals surface area contributed by atoms with Crippen LogP contribution in [0.25, 0.3) is 11.1 Å². The number of aryl methyl sites for hydroxylation is 3. The molecule has 7 nitrogen and oxygen atoms in total. The lowest BCUT2D eigenvalue weighted by Crippen LogP contribution is -2.30. The van der Waals surface area contributed by atoms with Gasteiger partial charge >= 0.3 is 5.97 Å². The van der Waals surface area contributed by atoms with E-state index in [0.717, 1.165) is 58.8 Å². The first-order valence-corrected chi connectivity index (χ1v) is 15.8. The quantitative estimate of drug-likeness (QED) is 0.418. The Kier molecular flexibility index (Phi) is 7.21. The Balaban J connectivity index is 1.19. The van der Waals surface area contributed by atoms with Crippen LogP contribution >= 0.6 is 0 Å². The Morgan fingerprint density at radius 1 is 0.975 bits per heavy atom. The van der Waals surface area contributed by atoms with Crippen molar-refractivity contribution in [3.8, 4) is 28.4 Å². The summed E-state index contributed by atoms with van der Waals surface area (Å²) in [6, 6.07) is 16.7. The Hall–Kier alpha value is -3.52. The van der Waals surface area contributed by atoms with Crippen LogP contribution in [0, 0.1) is 6.92 Å². The molecule has 40 heavy (non-hydrogen) atoms. The molecule has 1 saturated heterocycles. The lowest BCUT2D eigenvalue weighted by molar-refractivity contribution is -0.137. The van der Waals surface area contributed by atoms with Crippen molar-refractivity contribution >= 4 is 15.8 Å². The Labute approximate surface area is 235 Å². The van der Waals surface area contributed by atoms with Gasteiger partial charge in [-0.15, -0.1) is 0 Å². The molecule has 210 valence electrons. The molecule has 6 rings (SSSR count). The molecule has 3 aliphatic rings. The topological polar surface area (TPSA) is 99.1 Å². The Morgan fingerprint density at radius 3 is 2.50 bits per heavy atom. The standard InChI is InChI=1S/C32H34O7S/c1-20-14-26(39-25-9-12-40(35,36)13-10-25)17-23-8-11-37-29-7-5-21(15-28(29)32(20)23)2-3-22-4-6-27-24(18-31(33)34)19-38-30(27)16-22/h4-7,14-17,24-25H,2-3,8-13,18-19H2,1H3,(H,33,34)/t24-/m1/s1. The number of rotatable bonds is 7. The molecule has 1 atom stereocenters. The van der Waals surface area contributed by atoms with Gasteiger partial charge in [0.25, 0.3) is 0 Å². The van der Waals surface area contributed by atoms with Crippen molar-refractivity contribution < 1.29 is 32.5 Å². The number of carbonyl (C=O) groups is 1. The van der Waals surface area contributed by atoms with E-state index in [-0.39, 0.29) is 29.9 Å². The molecule has 1 fully saturated rings. The summed E-state index contributed by atoms with van der Waals surface area (Å²) in [5.74, 6) is 1.97. The molecule has 0 aliphatic carbocycles. The number of hydrogen-bond donors (Lipinski definition) is 1. The molecule has 0 unspecified atom stereocenters. The van der Waals surface area contributed by atoms with E-state index in [9.17, 15) is 13.2 Å². The predicted molar refractivity (Wildman–Crippen MR) is 152 cm³/mol. The average molecular weight is 563 g/mol. The molecule has 0 spiro atoms. The van der Waals surface area contributed by atoms with Crippen LogP contribution in [0.5, 0.6) is 17.2 Å². The monoisotopic (exact) mass is 562 g/mol. The van der Waals surface area contributed by atoms with Gasteiger partial charge in [0.2, 0.25) is 0 Å². The van der Waals surface area contributed by atoms with E-state index in [1.165, 1.54) is 16.7 Å². The molecule has 8 heteroatoms. The fourth-order valence-electron chi connectivity index (χ4n) is 6.12. The largest absolute Gasteiger partial charge is 0.493 e. The number of ether oxygens (including phenoxy) is 3. The third-order valence-corrected chi connectivity index (χ3v) is 9.93. The van der Waals surface area contributed by atoms with Gasteiger partial charge in [-0.1, -0.05) is 18.2 Å². The lowest BCUT2D eigenvalue weighted by atomic mass is 9.91. The molecular weight excluding hydrogens is 528 g/mol. The minimum Gasteiger partial charge on any atom is -0.493 e. The molecule has 3 aromatic carbocycles. The third kappa shape index (κ3) is 5.68. The fraction of sp³-hybridized carbons (Fsp3) is 0.406. The smallest absolute Gasteiger partial charge is 0.304 e. The lowest BCUT2D eigenvalue weighted by Gasteiger charge is -2.24. The Morgan fingerprint density at radius 2 is 1.73 bits per heavy atom. The van der Waals surface area contributed by atoms with Crippen LogP contribution < -0.4 is 14.2 Å². The molecular formula is C32H34O7S. The minimum absolute atomic E-state index is 0.0745. The van der Waals surface area contributed by atoms with Crippen LogP contribution in [0.15, 0.2) is 48.5 Å². The number of aliphatic carboxylic acids is 1. The van der Waals surface area contributed by atoms with Crippen molar-refractivity contribution in [3.05, 3.63) is 76.3 Å². The number of sulfone groups is 1.